The van der Waals surface area contributed by atoms with E-state index in [9.17, 15) is 14.4 Å². The van der Waals surface area contributed by atoms with Gasteiger partial charge in [0.25, 0.3) is 0 Å². The van der Waals surface area contributed by atoms with E-state index in [1.54, 1.807) is 60.5 Å². The maximum absolute atomic E-state index is 12.7. The van der Waals surface area contributed by atoms with Crippen molar-refractivity contribution in [2.75, 3.05) is 42.2 Å². The molecule has 0 saturated heterocycles. The van der Waals surface area contributed by atoms with Gasteiger partial charge >= 0.3 is 0 Å². The summed E-state index contributed by atoms with van der Waals surface area (Å²) in [7, 11) is 1.67. The molecule has 1 aliphatic rings. The normalized spacial score (nSPS) is 13.1. The molecule has 0 aliphatic carbocycles. The first kappa shape index (κ1) is 18.9. The summed E-state index contributed by atoms with van der Waals surface area (Å²) in [6.07, 6.45) is 0. The average molecular weight is 387 g/mol. The summed E-state index contributed by atoms with van der Waals surface area (Å²) in [4.78, 5) is 39.7. The van der Waals surface area contributed by atoms with Crippen molar-refractivity contribution < 1.29 is 14.4 Å². The highest BCUT2D eigenvalue weighted by molar-refractivity contribution is 6.33. The molecule has 8 heteroatoms. The number of anilines is 3. The van der Waals surface area contributed by atoms with Gasteiger partial charge in [-0.1, -0.05) is 35.9 Å². The molecule has 0 aromatic heterocycles. The van der Waals surface area contributed by atoms with Crippen LogP contribution in [0.1, 0.15) is 0 Å². The van der Waals surface area contributed by atoms with Crippen LogP contribution in [0, 0.1) is 0 Å². The smallest absolute Gasteiger partial charge is 0.244 e. The minimum absolute atomic E-state index is 0.00242. The van der Waals surface area contributed by atoms with Crippen LogP contribution in [0.15, 0.2) is 48.5 Å². The number of halogens is 1. The van der Waals surface area contributed by atoms with Crippen LogP contribution in [0.4, 0.5) is 17.1 Å². The van der Waals surface area contributed by atoms with E-state index in [0.717, 1.165) is 0 Å². The molecule has 0 atom stereocenters. The van der Waals surface area contributed by atoms with Crippen molar-refractivity contribution in [2.24, 2.45) is 0 Å². The second-order valence-corrected chi connectivity index (χ2v) is 6.65. The van der Waals surface area contributed by atoms with Crippen molar-refractivity contribution in [3.63, 3.8) is 0 Å². The number of fused-ring (bicyclic) bond motifs is 1. The number of hydrogen-bond acceptors (Lipinski definition) is 4. The Hall–Kier alpha value is -2.90. The first-order chi connectivity index (χ1) is 12.9. The fourth-order valence-corrected chi connectivity index (χ4v) is 3.01. The molecular formula is C19H19ClN4O3. The van der Waals surface area contributed by atoms with Gasteiger partial charge in [0.1, 0.15) is 6.54 Å². The lowest BCUT2D eigenvalue weighted by atomic mass is 10.2. The molecule has 7 nitrogen and oxygen atoms in total. The molecule has 2 aromatic carbocycles. The van der Waals surface area contributed by atoms with Crippen molar-refractivity contribution in [1.82, 2.24) is 4.90 Å². The second kappa shape index (κ2) is 8.20. The Kier molecular flexibility index (Phi) is 5.73. The number of para-hydroxylation sites is 3. The molecule has 0 unspecified atom stereocenters. The van der Waals surface area contributed by atoms with Crippen LogP contribution in [0.5, 0.6) is 0 Å². The quantitative estimate of drug-likeness (QED) is 0.825. The molecule has 1 heterocycles. The van der Waals surface area contributed by atoms with Crippen LogP contribution in [0.3, 0.4) is 0 Å². The van der Waals surface area contributed by atoms with Gasteiger partial charge in [-0.3, -0.25) is 24.2 Å². The fourth-order valence-electron chi connectivity index (χ4n) is 2.83. The van der Waals surface area contributed by atoms with Gasteiger partial charge in [-0.05, 0) is 31.3 Å². The summed E-state index contributed by atoms with van der Waals surface area (Å²) >= 11 is 6.03. The Morgan fingerprint density at radius 2 is 1.85 bits per heavy atom. The SMILES string of the molecule is CN(CC(=O)Nc1ccccc1Cl)CC(=O)N1CC(=O)Nc2ccccc21. The minimum atomic E-state index is -0.282. The zero-order valence-electron chi connectivity index (χ0n) is 14.7. The lowest BCUT2D eigenvalue weighted by Gasteiger charge is -2.30. The Morgan fingerprint density at radius 1 is 1.15 bits per heavy atom. The highest BCUT2D eigenvalue weighted by Crippen LogP contribution is 2.28. The molecule has 140 valence electrons. The Labute approximate surface area is 161 Å². The molecule has 0 spiro atoms. The summed E-state index contributed by atoms with van der Waals surface area (Å²) in [5.74, 6) is -0.790. The van der Waals surface area contributed by atoms with E-state index < -0.39 is 0 Å². The molecule has 1 aliphatic heterocycles. The van der Waals surface area contributed by atoms with Gasteiger partial charge in [0, 0.05) is 0 Å². The standard InChI is InChI=1S/C19H19ClN4O3/c1-23(10-17(25)21-14-7-3-2-6-13(14)20)12-19(27)24-11-18(26)22-15-8-4-5-9-16(15)24/h2-9H,10-12H2,1H3,(H,21,25)(H,22,26). The van der Waals surface area contributed by atoms with Crippen molar-refractivity contribution in [3.8, 4) is 0 Å². The number of hydrogen-bond donors (Lipinski definition) is 2. The predicted molar refractivity (Wildman–Crippen MR) is 105 cm³/mol. The third-order valence-corrected chi connectivity index (χ3v) is 4.37. The molecule has 0 bridgehead atoms. The van der Waals surface area contributed by atoms with E-state index >= 15 is 0 Å². The number of amides is 3. The summed E-state index contributed by atoms with van der Waals surface area (Å²) < 4.78 is 0. The Bertz CT molecular complexity index is 887. The maximum atomic E-state index is 12.7. The molecule has 3 amide bonds. The number of nitrogens with zero attached hydrogens (tertiary/aromatic N) is 2. The molecular weight excluding hydrogens is 368 g/mol. The average Bonchev–Trinajstić information content (AvgIpc) is 2.62. The van der Waals surface area contributed by atoms with E-state index in [0.29, 0.717) is 22.1 Å². The van der Waals surface area contributed by atoms with Crippen LogP contribution < -0.4 is 15.5 Å². The highest BCUT2D eigenvalue weighted by atomic mass is 35.5. The largest absolute Gasteiger partial charge is 0.324 e. The summed E-state index contributed by atoms with van der Waals surface area (Å²) in [6.45, 7) is -0.0360. The summed E-state index contributed by atoms with van der Waals surface area (Å²) in [5, 5.41) is 5.90. The van der Waals surface area contributed by atoms with Gasteiger partial charge in [-0.15, -0.1) is 0 Å². The number of nitrogens with one attached hydrogen (secondary N) is 2. The van der Waals surface area contributed by atoms with Crippen molar-refractivity contribution in [1.29, 1.82) is 0 Å². The molecule has 2 N–H and O–H groups in total. The second-order valence-electron chi connectivity index (χ2n) is 6.25. The number of carbonyl (C=O) groups is 3. The minimum Gasteiger partial charge on any atom is -0.324 e. The first-order valence-corrected chi connectivity index (χ1v) is 8.74. The molecule has 0 saturated carbocycles. The topological polar surface area (TPSA) is 81.8 Å². The zero-order chi connectivity index (χ0) is 19.4. The van der Waals surface area contributed by atoms with Gasteiger partial charge < -0.3 is 10.6 Å². The van der Waals surface area contributed by atoms with Crippen molar-refractivity contribution >= 4 is 46.4 Å². The molecule has 3 rings (SSSR count). The lowest BCUT2D eigenvalue weighted by Crippen LogP contribution is -2.47. The highest BCUT2D eigenvalue weighted by Gasteiger charge is 2.27. The van der Waals surface area contributed by atoms with Gasteiger partial charge in [-0.2, -0.15) is 0 Å². The van der Waals surface area contributed by atoms with E-state index in [-0.39, 0.29) is 37.4 Å². The van der Waals surface area contributed by atoms with E-state index in [1.165, 1.54) is 4.90 Å². The van der Waals surface area contributed by atoms with Crippen LogP contribution >= 0.6 is 11.6 Å². The van der Waals surface area contributed by atoms with Crippen LogP contribution in [0.25, 0.3) is 0 Å². The van der Waals surface area contributed by atoms with Crippen molar-refractivity contribution in [2.45, 2.75) is 0 Å². The number of likely N-dealkylation sites (N-methyl/N-ethyl adjacent to an activating group) is 1. The van der Waals surface area contributed by atoms with Crippen LogP contribution in [0.2, 0.25) is 5.02 Å². The maximum Gasteiger partial charge on any atom is 0.244 e. The Morgan fingerprint density at radius 3 is 2.63 bits per heavy atom. The van der Waals surface area contributed by atoms with Gasteiger partial charge in [0.15, 0.2) is 0 Å². The van der Waals surface area contributed by atoms with Gasteiger partial charge in [0.2, 0.25) is 17.7 Å². The lowest BCUT2D eigenvalue weighted by molar-refractivity contribution is -0.123. The summed E-state index contributed by atoms with van der Waals surface area (Å²) in [6, 6.07) is 14.0. The predicted octanol–water partition coefficient (Wildman–Crippen LogP) is 2.20. The fraction of sp³-hybridized carbons (Fsp3) is 0.211. The van der Waals surface area contributed by atoms with E-state index in [4.69, 9.17) is 11.6 Å². The van der Waals surface area contributed by atoms with Crippen molar-refractivity contribution in [3.05, 3.63) is 53.6 Å². The molecule has 0 fully saturated rings. The van der Waals surface area contributed by atoms with Crippen LogP contribution in [-0.4, -0.2) is 49.3 Å². The molecule has 27 heavy (non-hydrogen) atoms. The van der Waals surface area contributed by atoms with Crippen LogP contribution in [-0.2, 0) is 14.4 Å². The van der Waals surface area contributed by atoms with Gasteiger partial charge in [0.05, 0.1) is 35.2 Å². The first-order valence-electron chi connectivity index (χ1n) is 8.36. The van der Waals surface area contributed by atoms with E-state index in [1.807, 2.05) is 0 Å². The number of rotatable bonds is 5. The number of benzene rings is 2. The molecule has 0 radical (unpaired) electrons. The van der Waals surface area contributed by atoms with E-state index in [2.05, 4.69) is 10.6 Å². The molecule has 2 aromatic rings. The number of carbonyl (C=O) groups excluding carboxylic acids is 3. The Balaban J connectivity index is 1.60. The third kappa shape index (κ3) is 4.64. The monoisotopic (exact) mass is 386 g/mol. The third-order valence-electron chi connectivity index (χ3n) is 4.04. The summed E-state index contributed by atoms with van der Waals surface area (Å²) in [5.41, 5.74) is 1.77. The van der Waals surface area contributed by atoms with Gasteiger partial charge in [-0.25, -0.2) is 0 Å². The zero-order valence-corrected chi connectivity index (χ0v) is 15.5.